The predicted octanol–water partition coefficient (Wildman–Crippen LogP) is 3.31. The van der Waals surface area contributed by atoms with Crippen molar-refractivity contribution in [3.05, 3.63) is 52.4 Å². The Bertz CT molecular complexity index is 807. The average molecular weight is 353 g/mol. The molecule has 1 unspecified atom stereocenters. The summed E-state index contributed by atoms with van der Waals surface area (Å²) >= 11 is 0. The van der Waals surface area contributed by atoms with E-state index < -0.39 is 6.04 Å². The van der Waals surface area contributed by atoms with Crippen molar-refractivity contribution in [1.82, 2.24) is 10.5 Å². The first kappa shape index (κ1) is 19.4. The van der Waals surface area contributed by atoms with Crippen LogP contribution in [-0.2, 0) is 12.8 Å². The minimum Gasteiger partial charge on any atom is -0.360 e. The standard InChI is InChI=1S/C20H23N3O3/c1-5-15-17(16(6-2)26-23-15)20(25)22-18(12(3)4)19(24)14-9-7-13(11-21)8-10-14/h7-10,12,18H,5-6H2,1-4H3,(H,22,25). The summed E-state index contributed by atoms with van der Waals surface area (Å²) in [6.45, 7) is 7.54. The van der Waals surface area contributed by atoms with Crippen LogP contribution in [0.3, 0.4) is 0 Å². The van der Waals surface area contributed by atoms with Gasteiger partial charge in [0.25, 0.3) is 5.91 Å². The van der Waals surface area contributed by atoms with Crippen molar-refractivity contribution < 1.29 is 14.1 Å². The van der Waals surface area contributed by atoms with Crippen LogP contribution in [0.15, 0.2) is 28.8 Å². The summed E-state index contributed by atoms with van der Waals surface area (Å²) in [5.74, 6) is -0.115. The topological polar surface area (TPSA) is 96.0 Å². The third kappa shape index (κ3) is 3.99. The summed E-state index contributed by atoms with van der Waals surface area (Å²) in [5, 5.41) is 15.7. The summed E-state index contributed by atoms with van der Waals surface area (Å²) in [6, 6.07) is 7.75. The number of aromatic nitrogens is 1. The molecule has 0 bridgehead atoms. The molecule has 0 spiro atoms. The molecule has 0 radical (unpaired) electrons. The van der Waals surface area contributed by atoms with E-state index in [2.05, 4.69) is 10.5 Å². The first-order chi connectivity index (χ1) is 12.4. The molecule has 6 nitrogen and oxygen atoms in total. The first-order valence-electron chi connectivity index (χ1n) is 8.75. The Kier molecular flexibility index (Phi) is 6.29. The van der Waals surface area contributed by atoms with Crippen LogP contribution in [0.4, 0.5) is 0 Å². The van der Waals surface area contributed by atoms with Crippen LogP contribution in [0.1, 0.15) is 65.4 Å². The number of hydrogen-bond acceptors (Lipinski definition) is 5. The molecule has 0 aliphatic carbocycles. The lowest BCUT2D eigenvalue weighted by Gasteiger charge is -2.21. The minimum absolute atomic E-state index is 0.0999. The molecule has 1 atom stereocenters. The third-order valence-corrected chi connectivity index (χ3v) is 4.25. The smallest absolute Gasteiger partial charge is 0.257 e. The van der Waals surface area contributed by atoms with Crippen molar-refractivity contribution in [1.29, 1.82) is 5.26 Å². The lowest BCUT2D eigenvalue weighted by atomic mass is 9.94. The van der Waals surface area contributed by atoms with E-state index >= 15 is 0 Å². The van der Waals surface area contributed by atoms with E-state index in [1.807, 2.05) is 33.8 Å². The molecule has 1 amide bonds. The van der Waals surface area contributed by atoms with Gasteiger partial charge in [0.05, 0.1) is 23.4 Å². The van der Waals surface area contributed by atoms with Gasteiger partial charge in [0.2, 0.25) is 0 Å². The van der Waals surface area contributed by atoms with Gasteiger partial charge in [-0.3, -0.25) is 9.59 Å². The number of nitrogens with one attached hydrogen (secondary N) is 1. The zero-order valence-corrected chi connectivity index (χ0v) is 15.5. The number of nitriles is 1. The molecule has 0 saturated carbocycles. The van der Waals surface area contributed by atoms with Crippen LogP contribution in [0.2, 0.25) is 0 Å². The number of hydrogen-bond donors (Lipinski definition) is 1. The summed E-state index contributed by atoms with van der Waals surface area (Å²) in [6.07, 6.45) is 1.12. The second-order valence-electron chi connectivity index (χ2n) is 6.38. The first-order valence-corrected chi connectivity index (χ1v) is 8.75. The number of Topliss-reactive ketones (excluding diaryl/α,β-unsaturated/α-hetero) is 1. The quantitative estimate of drug-likeness (QED) is 0.770. The van der Waals surface area contributed by atoms with E-state index in [0.717, 1.165) is 0 Å². The second kappa shape index (κ2) is 8.43. The van der Waals surface area contributed by atoms with E-state index in [-0.39, 0.29) is 17.6 Å². The highest BCUT2D eigenvalue weighted by molar-refractivity contribution is 6.05. The van der Waals surface area contributed by atoms with Gasteiger partial charge in [0.15, 0.2) is 5.78 Å². The molecule has 0 aliphatic heterocycles. The largest absolute Gasteiger partial charge is 0.360 e. The fourth-order valence-corrected chi connectivity index (χ4v) is 2.74. The molecular weight excluding hydrogens is 330 g/mol. The molecule has 6 heteroatoms. The van der Waals surface area contributed by atoms with Gasteiger partial charge in [0.1, 0.15) is 11.3 Å². The monoisotopic (exact) mass is 353 g/mol. The van der Waals surface area contributed by atoms with Crippen molar-refractivity contribution in [2.45, 2.75) is 46.6 Å². The molecule has 136 valence electrons. The molecule has 1 aromatic heterocycles. The molecule has 0 saturated heterocycles. The molecule has 1 heterocycles. The predicted molar refractivity (Wildman–Crippen MR) is 96.8 cm³/mol. The molecule has 1 aromatic carbocycles. The van der Waals surface area contributed by atoms with Gasteiger partial charge in [-0.25, -0.2) is 0 Å². The lowest BCUT2D eigenvalue weighted by molar-refractivity contribution is 0.0830. The summed E-state index contributed by atoms with van der Waals surface area (Å²) in [4.78, 5) is 25.7. The maximum absolute atomic E-state index is 12.9. The molecular formula is C20H23N3O3. The lowest BCUT2D eigenvalue weighted by Crippen LogP contribution is -2.44. The Morgan fingerprint density at radius 2 is 1.85 bits per heavy atom. The van der Waals surface area contributed by atoms with E-state index in [0.29, 0.717) is 41.0 Å². The number of aryl methyl sites for hydroxylation is 2. The van der Waals surface area contributed by atoms with E-state index in [4.69, 9.17) is 9.78 Å². The fourth-order valence-electron chi connectivity index (χ4n) is 2.74. The number of nitrogens with zero attached hydrogens (tertiary/aromatic N) is 2. The third-order valence-electron chi connectivity index (χ3n) is 4.25. The Hall–Kier alpha value is -2.94. The number of benzene rings is 1. The van der Waals surface area contributed by atoms with Gasteiger partial charge < -0.3 is 9.84 Å². The van der Waals surface area contributed by atoms with Crippen molar-refractivity contribution >= 4 is 11.7 Å². The Morgan fingerprint density at radius 1 is 1.19 bits per heavy atom. The van der Waals surface area contributed by atoms with Gasteiger partial charge in [-0.1, -0.05) is 45.0 Å². The highest BCUT2D eigenvalue weighted by Crippen LogP contribution is 2.18. The zero-order valence-electron chi connectivity index (χ0n) is 15.5. The van der Waals surface area contributed by atoms with Gasteiger partial charge in [-0.05, 0) is 24.5 Å². The zero-order chi connectivity index (χ0) is 19.3. The Balaban J connectivity index is 2.27. The number of rotatable bonds is 7. The number of amides is 1. The van der Waals surface area contributed by atoms with Crippen LogP contribution in [-0.4, -0.2) is 22.9 Å². The second-order valence-corrected chi connectivity index (χ2v) is 6.38. The maximum Gasteiger partial charge on any atom is 0.257 e. The summed E-state index contributed by atoms with van der Waals surface area (Å²) in [5.41, 5.74) is 1.96. The Labute approximate surface area is 153 Å². The van der Waals surface area contributed by atoms with Crippen LogP contribution < -0.4 is 5.32 Å². The van der Waals surface area contributed by atoms with Crippen molar-refractivity contribution in [3.8, 4) is 6.07 Å². The molecule has 1 N–H and O–H groups in total. The number of carbonyl (C=O) groups excluding carboxylic acids is 2. The SMILES string of the molecule is CCc1noc(CC)c1C(=O)NC(C(=O)c1ccc(C#N)cc1)C(C)C. The van der Waals surface area contributed by atoms with Gasteiger partial charge in [-0.15, -0.1) is 0 Å². The normalized spacial score (nSPS) is 11.8. The Morgan fingerprint density at radius 3 is 2.35 bits per heavy atom. The average Bonchev–Trinajstić information content (AvgIpc) is 3.08. The fraction of sp³-hybridized carbons (Fsp3) is 0.400. The molecule has 0 fully saturated rings. The highest BCUT2D eigenvalue weighted by atomic mass is 16.5. The van der Waals surface area contributed by atoms with Crippen molar-refractivity contribution in [3.63, 3.8) is 0 Å². The number of ketones is 1. The van der Waals surface area contributed by atoms with Crippen LogP contribution in [0, 0.1) is 17.2 Å². The van der Waals surface area contributed by atoms with E-state index in [9.17, 15) is 9.59 Å². The van der Waals surface area contributed by atoms with Crippen LogP contribution >= 0.6 is 0 Å². The van der Waals surface area contributed by atoms with Gasteiger partial charge >= 0.3 is 0 Å². The van der Waals surface area contributed by atoms with Crippen LogP contribution in [0.5, 0.6) is 0 Å². The van der Waals surface area contributed by atoms with Gasteiger partial charge in [0, 0.05) is 12.0 Å². The molecule has 0 aliphatic rings. The highest BCUT2D eigenvalue weighted by Gasteiger charge is 2.29. The van der Waals surface area contributed by atoms with Crippen molar-refractivity contribution in [2.24, 2.45) is 5.92 Å². The summed E-state index contributed by atoms with van der Waals surface area (Å²) in [7, 11) is 0. The molecule has 26 heavy (non-hydrogen) atoms. The van der Waals surface area contributed by atoms with Crippen molar-refractivity contribution in [2.75, 3.05) is 0 Å². The van der Waals surface area contributed by atoms with Gasteiger partial charge in [-0.2, -0.15) is 5.26 Å². The van der Waals surface area contributed by atoms with E-state index in [1.54, 1.807) is 24.3 Å². The number of carbonyl (C=O) groups is 2. The molecule has 2 rings (SSSR count). The maximum atomic E-state index is 12.9. The summed E-state index contributed by atoms with van der Waals surface area (Å²) < 4.78 is 5.24. The molecule has 2 aromatic rings. The van der Waals surface area contributed by atoms with Crippen LogP contribution in [0.25, 0.3) is 0 Å². The van der Waals surface area contributed by atoms with E-state index in [1.165, 1.54) is 0 Å². The minimum atomic E-state index is -0.681.